The van der Waals surface area contributed by atoms with Gasteiger partial charge in [-0.1, -0.05) is 22.4 Å². The predicted molar refractivity (Wildman–Crippen MR) is 129 cm³/mol. The maximum atomic E-state index is 14.1. The SMILES string of the molecule is COc1ccc(N2C(c3ccc(C#N)cc3)=NOC2c2c(-c3ccc(C#N)cc3)noc2C(F)(F)F)cc1. The third kappa shape index (κ3) is 4.38. The van der Waals surface area contributed by atoms with Gasteiger partial charge in [-0.3, -0.25) is 4.90 Å². The Kier molecular flexibility index (Phi) is 6.19. The molecule has 0 saturated heterocycles. The number of oxime groups is 1. The van der Waals surface area contributed by atoms with Crippen molar-refractivity contribution in [3.8, 4) is 29.1 Å². The molecule has 2 heterocycles. The van der Waals surface area contributed by atoms with Crippen LogP contribution in [0.5, 0.6) is 5.75 Å². The van der Waals surface area contributed by atoms with Crippen molar-refractivity contribution in [2.75, 3.05) is 12.0 Å². The zero-order valence-electron chi connectivity index (χ0n) is 19.6. The number of nitrogens with zero attached hydrogens (tertiary/aromatic N) is 5. The molecule has 0 amide bonds. The van der Waals surface area contributed by atoms with Gasteiger partial charge in [-0.2, -0.15) is 23.7 Å². The molecule has 0 bridgehead atoms. The molecule has 0 aliphatic carbocycles. The topological polar surface area (TPSA) is 108 Å². The maximum absolute atomic E-state index is 14.1. The van der Waals surface area contributed by atoms with Gasteiger partial charge in [0, 0.05) is 16.8 Å². The molecule has 11 heteroatoms. The molecule has 8 nitrogen and oxygen atoms in total. The number of methoxy groups -OCH3 is 1. The molecule has 1 atom stereocenters. The van der Waals surface area contributed by atoms with E-state index in [0.29, 0.717) is 33.7 Å². The molecule has 0 saturated carbocycles. The van der Waals surface area contributed by atoms with Gasteiger partial charge in [0.2, 0.25) is 12.0 Å². The van der Waals surface area contributed by atoms with Crippen LogP contribution in [-0.2, 0) is 11.0 Å². The molecule has 188 valence electrons. The number of rotatable bonds is 5. The highest BCUT2D eigenvalue weighted by atomic mass is 19.4. The van der Waals surface area contributed by atoms with Crippen molar-refractivity contribution in [2.24, 2.45) is 5.16 Å². The number of benzene rings is 3. The van der Waals surface area contributed by atoms with Crippen molar-refractivity contribution in [2.45, 2.75) is 12.4 Å². The molecule has 3 aromatic carbocycles. The number of hydrogen-bond acceptors (Lipinski definition) is 8. The van der Waals surface area contributed by atoms with Crippen molar-refractivity contribution >= 4 is 11.5 Å². The minimum Gasteiger partial charge on any atom is -0.497 e. The van der Waals surface area contributed by atoms with Gasteiger partial charge in [-0.25, -0.2) is 0 Å². The van der Waals surface area contributed by atoms with E-state index >= 15 is 0 Å². The summed E-state index contributed by atoms with van der Waals surface area (Å²) in [5.41, 5.74) is 1.50. The first-order chi connectivity index (χ1) is 18.3. The van der Waals surface area contributed by atoms with Gasteiger partial charge in [-0.15, -0.1) is 0 Å². The Morgan fingerprint density at radius 2 is 1.45 bits per heavy atom. The fourth-order valence-electron chi connectivity index (χ4n) is 4.01. The number of aromatic nitrogens is 1. The quantitative estimate of drug-likeness (QED) is 0.320. The fraction of sp³-hybridized carbons (Fsp3) is 0.111. The van der Waals surface area contributed by atoms with Crippen LogP contribution in [0.4, 0.5) is 18.9 Å². The molecule has 1 aliphatic heterocycles. The molecule has 0 fully saturated rings. The second-order valence-corrected chi connectivity index (χ2v) is 8.09. The summed E-state index contributed by atoms with van der Waals surface area (Å²) in [7, 11) is 1.50. The van der Waals surface area contributed by atoms with Crippen LogP contribution in [0.25, 0.3) is 11.3 Å². The zero-order valence-corrected chi connectivity index (χ0v) is 19.6. The first-order valence-electron chi connectivity index (χ1n) is 11.1. The standard InChI is InChI=1S/C27H16F3N5O3/c1-36-21-12-10-20(11-13-21)35-25(19-8-4-17(15-32)5-9-19)34-38-26(35)22-23(33-37-24(22)27(28,29)30)18-6-2-16(14-31)3-7-18/h2-13,26H,1H3. The van der Waals surface area contributed by atoms with E-state index in [1.807, 2.05) is 12.1 Å². The highest BCUT2D eigenvalue weighted by Crippen LogP contribution is 2.45. The summed E-state index contributed by atoms with van der Waals surface area (Å²) in [6, 6.07) is 22.9. The fourth-order valence-corrected chi connectivity index (χ4v) is 4.01. The van der Waals surface area contributed by atoms with E-state index in [4.69, 9.17) is 24.6 Å². The van der Waals surface area contributed by atoms with E-state index in [9.17, 15) is 13.2 Å². The van der Waals surface area contributed by atoms with Gasteiger partial charge < -0.3 is 14.1 Å². The van der Waals surface area contributed by atoms with Gasteiger partial charge in [0.1, 0.15) is 11.4 Å². The van der Waals surface area contributed by atoms with Crippen LogP contribution in [-0.4, -0.2) is 18.1 Å². The van der Waals surface area contributed by atoms with Crippen molar-refractivity contribution < 1.29 is 27.3 Å². The molecule has 5 rings (SSSR count). The van der Waals surface area contributed by atoms with Crippen LogP contribution in [0.3, 0.4) is 0 Å². The lowest BCUT2D eigenvalue weighted by molar-refractivity contribution is -0.157. The van der Waals surface area contributed by atoms with E-state index in [2.05, 4.69) is 10.3 Å². The van der Waals surface area contributed by atoms with E-state index < -0.39 is 18.2 Å². The Hall–Kier alpha value is -5.29. The highest BCUT2D eigenvalue weighted by molar-refractivity contribution is 6.11. The lowest BCUT2D eigenvalue weighted by Crippen LogP contribution is -2.32. The molecule has 0 radical (unpaired) electrons. The molecule has 38 heavy (non-hydrogen) atoms. The van der Waals surface area contributed by atoms with Crippen LogP contribution >= 0.6 is 0 Å². The number of hydrogen-bond donors (Lipinski definition) is 0. The number of amidine groups is 1. The van der Waals surface area contributed by atoms with Crippen LogP contribution < -0.4 is 9.64 Å². The number of halogens is 3. The molecule has 1 aliphatic rings. The lowest BCUT2D eigenvalue weighted by atomic mass is 10.0. The highest BCUT2D eigenvalue weighted by Gasteiger charge is 2.47. The summed E-state index contributed by atoms with van der Waals surface area (Å²) < 4.78 is 52.5. The Balaban J connectivity index is 1.68. The Morgan fingerprint density at radius 3 is 1.97 bits per heavy atom. The van der Waals surface area contributed by atoms with E-state index in [0.717, 1.165) is 0 Å². The number of anilines is 1. The van der Waals surface area contributed by atoms with Gasteiger partial charge >= 0.3 is 6.18 Å². The molecule has 1 aromatic heterocycles. The summed E-state index contributed by atoms with van der Waals surface area (Å²) in [5.74, 6) is -0.581. The maximum Gasteiger partial charge on any atom is 0.452 e. The summed E-state index contributed by atoms with van der Waals surface area (Å²) in [6.07, 6.45) is -6.30. The van der Waals surface area contributed by atoms with E-state index in [-0.39, 0.29) is 17.1 Å². The van der Waals surface area contributed by atoms with E-state index in [1.54, 1.807) is 48.5 Å². The number of ether oxygens (including phenoxy) is 1. The second kappa shape index (κ2) is 9.64. The monoisotopic (exact) mass is 515 g/mol. The first kappa shape index (κ1) is 24.4. The average Bonchev–Trinajstić information content (AvgIpc) is 3.58. The molecule has 0 N–H and O–H groups in total. The second-order valence-electron chi connectivity index (χ2n) is 8.09. The predicted octanol–water partition coefficient (Wildman–Crippen LogP) is 6.01. The minimum absolute atomic E-state index is 0.110. The van der Waals surface area contributed by atoms with Crippen LogP contribution in [0.2, 0.25) is 0 Å². The van der Waals surface area contributed by atoms with Gasteiger partial charge in [0.25, 0.3) is 0 Å². The zero-order chi connectivity index (χ0) is 26.9. The summed E-state index contributed by atoms with van der Waals surface area (Å²) in [4.78, 5) is 7.13. The lowest BCUT2D eigenvalue weighted by Gasteiger charge is -2.26. The Labute approximate surface area is 214 Å². The van der Waals surface area contributed by atoms with Gasteiger partial charge in [0.05, 0.1) is 35.9 Å². The summed E-state index contributed by atoms with van der Waals surface area (Å²) in [5, 5.41) is 26.1. The van der Waals surface area contributed by atoms with Gasteiger partial charge in [0.15, 0.2) is 5.84 Å². The first-order valence-corrected chi connectivity index (χ1v) is 11.1. The largest absolute Gasteiger partial charge is 0.497 e. The third-order valence-electron chi connectivity index (χ3n) is 5.84. The molecule has 4 aromatic rings. The van der Waals surface area contributed by atoms with Crippen molar-refractivity contribution in [3.05, 3.63) is 101 Å². The summed E-state index contributed by atoms with van der Waals surface area (Å²) >= 11 is 0. The Bertz CT molecular complexity index is 1580. The van der Waals surface area contributed by atoms with Crippen molar-refractivity contribution in [1.29, 1.82) is 10.5 Å². The van der Waals surface area contributed by atoms with Crippen LogP contribution in [0.15, 0.2) is 82.5 Å². The number of alkyl halides is 3. The minimum atomic E-state index is -4.89. The summed E-state index contributed by atoms with van der Waals surface area (Å²) in [6.45, 7) is 0. The molecule has 0 spiro atoms. The molecular formula is C27H16F3N5O3. The normalized spacial score (nSPS) is 14.8. The van der Waals surface area contributed by atoms with E-state index in [1.165, 1.54) is 36.3 Å². The van der Waals surface area contributed by atoms with Crippen LogP contribution in [0.1, 0.15) is 34.2 Å². The Morgan fingerprint density at radius 1 is 0.868 bits per heavy atom. The molecule has 1 unspecified atom stereocenters. The van der Waals surface area contributed by atoms with Crippen LogP contribution in [0, 0.1) is 22.7 Å². The third-order valence-corrected chi connectivity index (χ3v) is 5.84. The van der Waals surface area contributed by atoms with Gasteiger partial charge in [-0.05, 0) is 60.7 Å². The van der Waals surface area contributed by atoms with Crippen molar-refractivity contribution in [1.82, 2.24) is 5.16 Å². The average molecular weight is 515 g/mol. The van der Waals surface area contributed by atoms with Crippen molar-refractivity contribution in [3.63, 3.8) is 0 Å². The number of nitriles is 2. The molecular weight excluding hydrogens is 499 g/mol. The smallest absolute Gasteiger partial charge is 0.452 e.